The smallest absolute Gasteiger partial charge is 0.218 e. The van der Waals surface area contributed by atoms with Gasteiger partial charge in [0.2, 0.25) is 5.90 Å². The number of rotatable bonds is 4. The molecule has 0 aliphatic rings. The van der Waals surface area contributed by atoms with Crippen LogP contribution in [0.25, 0.3) is 0 Å². The molecule has 4 heteroatoms. The molecule has 0 aromatic heterocycles. The molecule has 3 nitrogen and oxygen atoms in total. The van der Waals surface area contributed by atoms with Gasteiger partial charge in [-0.3, -0.25) is 5.41 Å². The Kier molecular flexibility index (Phi) is 4.42. The van der Waals surface area contributed by atoms with Crippen LogP contribution in [-0.4, -0.2) is 12.5 Å². The topological polar surface area (TPSA) is 42.3 Å². The molecule has 0 amide bonds. The molecule has 2 rings (SSSR count). The lowest BCUT2D eigenvalue weighted by atomic mass is 10.2. The highest BCUT2D eigenvalue weighted by Crippen LogP contribution is 2.30. The third kappa shape index (κ3) is 3.26. The van der Waals surface area contributed by atoms with Crippen LogP contribution < -0.4 is 4.74 Å². The van der Waals surface area contributed by atoms with Crippen molar-refractivity contribution in [2.75, 3.05) is 6.61 Å². The van der Waals surface area contributed by atoms with Crippen molar-refractivity contribution < 1.29 is 9.47 Å². The zero-order chi connectivity index (χ0) is 13.7. The van der Waals surface area contributed by atoms with Gasteiger partial charge in [-0.25, -0.2) is 0 Å². The van der Waals surface area contributed by atoms with Gasteiger partial charge in [-0.2, -0.15) is 0 Å². The van der Waals surface area contributed by atoms with Crippen molar-refractivity contribution in [3.63, 3.8) is 0 Å². The summed E-state index contributed by atoms with van der Waals surface area (Å²) in [6, 6.07) is 14.6. The summed E-state index contributed by atoms with van der Waals surface area (Å²) < 4.78 is 11.0. The number of ether oxygens (including phenoxy) is 2. The first kappa shape index (κ1) is 13.4. The number of para-hydroxylation sites is 1. The second kappa shape index (κ2) is 6.25. The molecule has 2 aromatic carbocycles. The minimum absolute atomic E-state index is 0.0130. The number of hydrogen-bond acceptors (Lipinski definition) is 3. The first-order valence-electron chi connectivity index (χ1n) is 5.95. The molecule has 0 saturated heterocycles. The SMILES string of the molecule is CCOC(=N)c1c(Cl)cccc1Oc1ccccc1. The van der Waals surface area contributed by atoms with E-state index >= 15 is 0 Å². The van der Waals surface area contributed by atoms with Crippen LogP contribution in [0.2, 0.25) is 5.02 Å². The zero-order valence-corrected chi connectivity index (χ0v) is 11.3. The molecule has 1 N–H and O–H groups in total. The van der Waals surface area contributed by atoms with E-state index < -0.39 is 0 Å². The molecular weight excluding hydrogens is 262 g/mol. The quantitative estimate of drug-likeness (QED) is 0.660. The van der Waals surface area contributed by atoms with Gasteiger partial charge in [-0.1, -0.05) is 35.9 Å². The molecule has 0 saturated carbocycles. The maximum absolute atomic E-state index is 7.89. The fourth-order valence-electron chi connectivity index (χ4n) is 1.64. The molecule has 98 valence electrons. The van der Waals surface area contributed by atoms with E-state index in [2.05, 4.69) is 0 Å². The number of nitrogens with one attached hydrogen (secondary N) is 1. The summed E-state index contributed by atoms with van der Waals surface area (Å²) in [6.07, 6.45) is 0. The highest BCUT2D eigenvalue weighted by Gasteiger charge is 2.15. The number of benzene rings is 2. The van der Waals surface area contributed by atoms with E-state index in [9.17, 15) is 0 Å². The van der Waals surface area contributed by atoms with Crippen molar-refractivity contribution in [3.05, 3.63) is 59.1 Å². The van der Waals surface area contributed by atoms with Gasteiger partial charge in [0, 0.05) is 0 Å². The van der Waals surface area contributed by atoms with Gasteiger partial charge in [0.1, 0.15) is 11.5 Å². The Morgan fingerprint density at radius 2 is 1.84 bits per heavy atom. The zero-order valence-electron chi connectivity index (χ0n) is 10.5. The third-order valence-electron chi connectivity index (χ3n) is 2.46. The molecule has 0 aliphatic carbocycles. The Hall–Kier alpha value is -2.00. The second-order valence-electron chi connectivity index (χ2n) is 3.79. The van der Waals surface area contributed by atoms with Gasteiger partial charge in [0.15, 0.2) is 0 Å². The first-order chi connectivity index (χ1) is 9.22. The first-order valence-corrected chi connectivity index (χ1v) is 6.33. The fraction of sp³-hybridized carbons (Fsp3) is 0.133. The van der Waals surface area contributed by atoms with Crippen LogP contribution in [0.4, 0.5) is 0 Å². The van der Waals surface area contributed by atoms with Gasteiger partial charge in [-0.15, -0.1) is 0 Å². The van der Waals surface area contributed by atoms with Crippen LogP contribution in [0.5, 0.6) is 11.5 Å². The highest BCUT2D eigenvalue weighted by molar-refractivity contribution is 6.34. The van der Waals surface area contributed by atoms with E-state index in [1.807, 2.05) is 37.3 Å². The summed E-state index contributed by atoms with van der Waals surface area (Å²) in [6.45, 7) is 2.23. The lowest BCUT2D eigenvalue weighted by molar-refractivity contribution is 0.324. The van der Waals surface area contributed by atoms with E-state index in [1.165, 1.54) is 0 Å². The summed E-state index contributed by atoms with van der Waals surface area (Å²) in [4.78, 5) is 0. The van der Waals surface area contributed by atoms with E-state index in [0.717, 1.165) is 0 Å². The molecule has 0 atom stereocenters. The van der Waals surface area contributed by atoms with Gasteiger partial charge in [0.25, 0.3) is 0 Å². The second-order valence-corrected chi connectivity index (χ2v) is 4.20. The van der Waals surface area contributed by atoms with Crippen LogP contribution in [0.3, 0.4) is 0 Å². The summed E-state index contributed by atoms with van der Waals surface area (Å²) >= 11 is 6.13. The highest BCUT2D eigenvalue weighted by atomic mass is 35.5. The average Bonchev–Trinajstić information content (AvgIpc) is 2.40. The Labute approximate surface area is 117 Å². The van der Waals surface area contributed by atoms with E-state index in [-0.39, 0.29) is 5.90 Å². The predicted octanol–water partition coefficient (Wildman–Crippen LogP) is 4.49. The maximum Gasteiger partial charge on any atom is 0.218 e. The largest absolute Gasteiger partial charge is 0.478 e. The molecule has 0 radical (unpaired) electrons. The Balaban J connectivity index is 2.35. The van der Waals surface area contributed by atoms with Crippen LogP contribution in [-0.2, 0) is 4.74 Å². The Morgan fingerprint density at radius 3 is 2.53 bits per heavy atom. The van der Waals surface area contributed by atoms with E-state index in [0.29, 0.717) is 28.7 Å². The molecule has 0 spiro atoms. The normalized spacial score (nSPS) is 10.0. The van der Waals surface area contributed by atoms with Crippen molar-refractivity contribution in [2.24, 2.45) is 0 Å². The molecule has 0 heterocycles. The molecule has 0 unspecified atom stereocenters. The lowest BCUT2D eigenvalue weighted by Crippen LogP contribution is -2.07. The maximum atomic E-state index is 7.89. The number of hydrogen-bond donors (Lipinski definition) is 1. The van der Waals surface area contributed by atoms with Crippen molar-refractivity contribution in [2.45, 2.75) is 6.92 Å². The fourth-order valence-corrected chi connectivity index (χ4v) is 1.89. The lowest BCUT2D eigenvalue weighted by Gasteiger charge is -2.13. The summed E-state index contributed by atoms with van der Waals surface area (Å²) in [7, 11) is 0. The predicted molar refractivity (Wildman–Crippen MR) is 76.4 cm³/mol. The van der Waals surface area contributed by atoms with Crippen molar-refractivity contribution >= 4 is 17.5 Å². The molecule has 0 fully saturated rings. The van der Waals surface area contributed by atoms with Crippen molar-refractivity contribution in [1.82, 2.24) is 0 Å². The van der Waals surface area contributed by atoms with Crippen LogP contribution in [0.1, 0.15) is 12.5 Å². The molecular formula is C15H14ClNO2. The molecule has 19 heavy (non-hydrogen) atoms. The summed E-state index contributed by atoms with van der Waals surface area (Å²) in [5.41, 5.74) is 0.467. The van der Waals surface area contributed by atoms with E-state index in [1.54, 1.807) is 18.2 Å². The van der Waals surface area contributed by atoms with E-state index in [4.69, 9.17) is 26.5 Å². The standard InChI is InChI=1S/C15H14ClNO2/c1-2-18-15(17)14-12(16)9-6-10-13(14)19-11-7-4-3-5-8-11/h3-10,17H,2H2,1H3. The van der Waals surface area contributed by atoms with Crippen LogP contribution >= 0.6 is 11.6 Å². The van der Waals surface area contributed by atoms with Gasteiger partial charge in [0.05, 0.1) is 17.2 Å². The van der Waals surface area contributed by atoms with Gasteiger partial charge < -0.3 is 9.47 Å². The Bertz CT molecular complexity index is 570. The minimum atomic E-state index is 0.0130. The Morgan fingerprint density at radius 1 is 1.11 bits per heavy atom. The summed E-state index contributed by atoms with van der Waals surface area (Å²) in [5.74, 6) is 1.21. The van der Waals surface area contributed by atoms with Gasteiger partial charge >= 0.3 is 0 Å². The third-order valence-corrected chi connectivity index (χ3v) is 2.78. The minimum Gasteiger partial charge on any atom is -0.478 e. The summed E-state index contributed by atoms with van der Waals surface area (Å²) in [5, 5.41) is 8.33. The number of halogens is 1. The molecule has 0 aliphatic heterocycles. The van der Waals surface area contributed by atoms with Gasteiger partial charge in [-0.05, 0) is 31.2 Å². The van der Waals surface area contributed by atoms with Crippen LogP contribution in [0, 0.1) is 5.41 Å². The molecule has 0 bridgehead atoms. The average molecular weight is 276 g/mol. The van der Waals surface area contributed by atoms with Crippen molar-refractivity contribution in [3.8, 4) is 11.5 Å². The monoisotopic (exact) mass is 275 g/mol. The van der Waals surface area contributed by atoms with Crippen LogP contribution in [0.15, 0.2) is 48.5 Å². The van der Waals surface area contributed by atoms with Crippen molar-refractivity contribution in [1.29, 1.82) is 5.41 Å². The molecule has 2 aromatic rings.